The molecule has 0 aliphatic carbocycles. The highest BCUT2D eigenvalue weighted by molar-refractivity contribution is 9.10. The minimum Gasteiger partial charge on any atom is -0.497 e. The van der Waals surface area contributed by atoms with Crippen LogP contribution >= 0.6 is 27.3 Å². The first-order chi connectivity index (χ1) is 14.5. The number of aromatic nitrogens is 1. The molecule has 5 rings (SSSR count). The Morgan fingerprint density at radius 2 is 2.03 bits per heavy atom. The molecule has 8 heteroatoms. The predicted molar refractivity (Wildman–Crippen MR) is 119 cm³/mol. The van der Waals surface area contributed by atoms with Crippen molar-refractivity contribution in [2.24, 2.45) is 0 Å². The Morgan fingerprint density at radius 3 is 2.77 bits per heavy atom. The third kappa shape index (κ3) is 2.86. The monoisotopic (exact) mass is 482 g/mol. The molecule has 0 saturated heterocycles. The number of anilines is 1. The van der Waals surface area contributed by atoms with Crippen LogP contribution in [0.25, 0.3) is 11.0 Å². The summed E-state index contributed by atoms with van der Waals surface area (Å²) in [4.78, 5) is 33.0. The fourth-order valence-electron chi connectivity index (χ4n) is 3.72. The molecule has 0 bridgehead atoms. The molecule has 0 fully saturated rings. The molecule has 0 spiro atoms. The summed E-state index contributed by atoms with van der Waals surface area (Å²) in [7, 11) is 1.58. The van der Waals surface area contributed by atoms with Crippen LogP contribution in [-0.2, 0) is 0 Å². The number of methoxy groups -OCH3 is 1. The van der Waals surface area contributed by atoms with Gasteiger partial charge in [0.15, 0.2) is 10.6 Å². The van der Waals surface area contributed by atoms with E-state index in [1.54, 1.807) is 25.3 Å². The maximum atomic E-state index is 13.5. The van der Waals surface area contributed by atoms with E-state index in [-0.39, 0.29) is 17.1 Å². The quantitative estimate of drug-likeness (QED) is 0.407. The molecule has 1 aliphatic heterocycles. The van der Waals surface area contributed by atoms with Gasteiger partial charge in [0, 0.05) is 9.85 Å². The van der Waals surface area contributed by atoms with Crippen molar-refractivity contribution in [3.05, 3.63) is 85.1 Å². The predicted octanol–water partition coefficient (Wildman–Crippen LogP) is 5.08. The lowest BCUT2D eigenvalue weighted by atomic mass is 9.98. The van der Waals surface area contributed by atoms with E-state index in [1.165, 1.54) is 16.2 Å². The van der Waals surface area contributed by atoms with Gasteiger partial charge in [-0.1, -0.05) is 28.1 Å². The Morgan fingerprint density at radius 1 is 1.20 bits per heavy atom. The van der Waals surface area contributed by atoms with Crippen molar-refractivity contribution in [3.8, 4) is 5.75 Å². The van der Waals surface area contributed by atoms with Crippen molar-refractivity contribution in [1.82, 2.24) is 4.98 Å². The summed E-state index contributed by atoms with van der Waals surface area (Å²) in [5, 5.41) is 2.80. The molecule has 2 aromatic heterocycles. The third-order valence-corrected chi connectivity index (χ3v) is 6.51. The van der Waals surface area contributed by atoms with Crippen molar-refractivity contribution in [3.63, 3.8) is 0 Å². The molecular formula is C22H15BrN2O4S. The first-order valence-electron chi connectivity index (χ1n) is 9.14. The van der Waals surface area contributed by atoms with Gasteiger partial charge in [-0.25, -0.2) is 4.98 Å². The number of fused-ring (bicyclic) bond motifs is 2. The van der Waals surface area contributed by atoms with E-state index in [0.29, 0.717) is 27.4 Å². The van der Waals surface area contributed by atoms with Crippen LogP contribution in [-0.4, -0.2) is 18.0 Å². The van der Waals surface area contributed by atoms with Gasteiger partial charge in [-0.2, -0.15) is 0 Å². The van der Waals surface area contributed by atoms with Crippen molar-refractivity contribution in [1.29, 1.82) is 0 Å². The number of rotatable bonds is 3. The van der Waals surface area contributed by atoms with E-state index < -0.39 is 6.04 Å². The van der Waals surface area contributed by atoms with Crippen LogP contribution in [0.4, 0.5) is 5.13 Å². The number of aryl methyl sites for hydroxylation is 1. The largest absolute Gasteiger partial charge is 0.497 e. The summed E-state index contributed by atoms with van der Waals surface area (Å²) >= 11 is 4.76. The van der Waals surface area contributed by atoms with E-state index in [9.17, 15) is 9.59 Å². The lowest BCUT2D eigenvalue weighted by Crippen LogP contribution is -2.29. The average Bonchev–Trinajstić information content (AvgIpc) is 3.30. The Balaban J connectivity index is 1.83. The molecule has 0 radical (unpaired) electrons. The summed E-state index contributed by atoms with van der Waals surface area (Å²) in [6.07, 6.45) is 0. The number of nitrogens with zero attached hydrogens (tertiary/aromatic N) is 2. The van der Waals surface area contributed by atoms with E-state index >= 15 is 0 Å². The molecule has 0 unspecified atom stereocenters. The number of ether oxygens (including phenoxy) is 1. The highest BCUT2D eigenvalue weighted by atomic mass is 79.9. The Bertz CT molecular complexity index is 1380. The number of hydrogen-bond acceptors (Lipinski definition) is 6. The summed E-state index contributed by atoms with van der Waals surface area (Å²) in [5.41, 5.74) is 2.00. The number of carbonyl (C=O) groups excluding carboxylic acids is 1. The minimum atomic E-state index is -0.659. The van der Waals surface area contributed by atoms with Gasteiger partial charge in [0.05, 0.1) is 29.8 Å². The Labute approximate surface area is 183 Å². The van der Waals surface area contributed by atoms with Crippen LogP contribution in [0.1, 0.15) is 33.4 Å². The number of amides is 1. The van der Waals surface area contributed by atoms with Crippen LogP contribution < -0.4 is 15.1 Å². The number of thiazole rings is 1. The van der Waals surface area contributed by atoms with Gasteiger partial charge in [0.25, 0.3) is 5.91 Å². The van der Waals surface area contributed by atoms with E-state index in [1.807, 2.05) is 36.6 Å². The summed E-state index contributed by atoms with van der Waals surface area (Å²) in [6.45, 7) is 1.86. The van der Waals surface area contributed by atoms with E-state index in [4.69, 9.17) is 9.15 Å². The van der Waals surface area contributed by atoms with Gasteiger partial charge in [-0.3, -0.25) is 14.5 Å². The van der Waals surface area contributed by atoms with Crippen molar-refractivity contribution >= 4 is 49.3 Å². The van der Waals surface area contributed by atoms with Gasteiger partial charge in [-0.05, 0) is 42.8 Å². The second-order valence-electron chi connectivity index (χ2n) is 6.94. The molecule has 3 heterocycles. The van der Waals surface area contributed by atoms with Crippen molar-refractivity contribution in [2.75, 3.05) is 12.0 Å². The normalized spacial score (nSPS) is 15.6. The van der Waals surface area contributed by atoms with Gasteiger partial charge in [-0.15, -0.1) is 11.3 Å². The van der Waals surface area contributed by atoms with Crippen LogP contribution in [0.15, 0.2) is 61.5 Å². The van der Waals surface area contributed by atoms with Crippen LogP contribution in [0.5, 0.6) is 5.75 Å². The molecular weight excluding hydrogens is 468 g/mol. The van der Waals surface area contributed by atoms with Gasteiger partial charge < -0.3 is 9.15 Å². The second-order valence-corrected chi connectivity index (χ2v) is 8.69. The molecule has 0 saturated carbocycles. The fraction of sp³-hybridized carbons (Fsp3) is 0.136. The first-order valence-corrected chi connectivity index (χ1v) is 10.8. The molecule has 1 amide bonds. The second kappa shape index (κ2) is 7.07. The minimum absolute atomic E-state index is 0.0514. The van der Waals surface area contributed by atoms with Crippen LogP contribution in [0.2, 0.25) is 0 Å². The third-order valence-electron chi connectivity index (χ3n) is 5.05. The molecule has 2 aromatic carbocycles. The maximum absolute atomic E-state index is 13.5. The number of benzene rings is 2. The summed E-state index contributed by atoms with van der Waals surface area (Å²) < 4.78 is 12.1. The van der Waals surface area contributed by atoms with Gasteiger partial charge in [0.1, 0.15) is 11.3 Å². The molecule has 150 valence electrons. The average molecular weight is 483 g/mol. The van der Waals surface area contributed by atoms with Crippen LogP contribution in [0, 0.1) is 6.92 Å². The molecule has 6 nitrogen and oxygen atoms in total. The molecule has 1 aliphatic rings. The van der Waals surface area contributed by atoms with E-state index in [2.05, 4.69) is 20.9 Å². The zero-order valence-electron chi connectivity index (χ0n) is 16.0. The number of hydrogen-bond donors (Lipinski definition) is 0. The van der Waals surface area contributed by atoms with Crippen molar-refractivity contribution in [2.45, 2.75) is 13.0 Å². The summed E-state index contributed by atoms with van der Waals surface area (Å²) in [5.74, 6) is 0.307. The highest BCUT2D eigenvalue weighted by Crippen LogP contribution is 2.42. The number of halogens is 1. The lowest BCUT2D eigenvalue weighted by molar-refractivity contribution is 0.0971. The number of carbonyl (C=O) groups is 1. The topological polar surface area (TPSA) is 72.6 Å². The van der Waals surface area contributed by atoms with E-state index in [0.717, 1.165) is 15.7 Å². The van der Waals surface area contributed by atoms with Crippen LogP contribution in [0.3, 0.4) is 0 Å². The fourth-order valence-corrected chi connectivity index (χ4v) is 4.91. The molecule has 1 atom stereocenters. The van der Waals surface area contributed by atoms with Gasteiger partial charge in [0.2, 0.25) is 5.76 Å². The molecule has 4 aromatic rings. The zero-order chi connectivity index (χ0) is 21.0. The standard InChI is InChI=1S/C22H15BrN2O4S/c1-11-10-30-22(24-11)25-18(12-4-3-5-14(8-12)28-2)17-19(26)15-9-13(23)6-7-16(15)29-20(17)21(25)27/h3-10,18H,1-2H3/t18-/m0/s1. The Kier molecular flexibility index (Phi) is 4.48. The van der Waals surface area contributed by atoms with Crippen molar-refractivity contribution < 1.29 is 13.9 Å². The Hall–Kier alpha value is -2.97. The summed E-state index contributed by atoms with van der Waals surface area (Å²) in [6, 6.07) is 11.9. The zero-order valence-corrected chi connectivity index (χ0v) is 18.4. The molecule has 0 N–H and O–H groups in total. The lowest BCUT2D eigenvalue weighted by Gasteiger charge is -2.22. The highest BCUT2D eigenvalue weighted by Gasteiger charge is 2.45. The SMILES string of the molecule is COc1cccc([C@H]2c3c(oc4ccc(Br)cc4c3=O)C(=O)N2c2nc(C)cs2)c1. The molecule has 30 heavy (non-hydrogen) atoms. The van der Waals surface area contributed by atoms with Gasteiger partial charge >= 0.3 is 0 Å². The maximum Gasteiger partial charge on any atom is 0.297 e. The first kappa shape index (κ1) is 19.0. The smallest absolute Gasteiger partial charge is 0.297 e.